The zero-order chi connectivity index (χ0) is 13.8. The third-order valence-corrected chi connectivity index (χ3v) is 3.26. The molecule has 0 aromatic heterocycles. The number of fused-ring (bicyclic) bond motifs is 1. The summed E-state index contributed by atoms with van der Waals surface area (Å²) in [6.07, 6.45) is 0.900. The molecule has 1 N–H and O–H groups in total. The SMILES string of the molecule is CCC(CNC)c1cc2c(c([N+](=O)[O-])c1)OCCO2. The molecule has 2 rings (SSSR count). The van der Waals surface area contributed by atoms with Crippen molar-refractivity contribution in [2.45, 2.75) is 19.3 Å². The first kappa shape index (κ1) is 13.6. The van der Waals surface area contributed by atoms with E-state index in [-0.39, 0.29) is 17.4 Å². The van der Waals surface area contributed by atoms with E-state index in [1.807, 2.05) is 13.1 Å². The third-order valence-electron chi connectivity index (χ3n) is 3.26. The molecule has 0 amide bonds. The lowest BCUT2D eigenvalue weighted by Gasteiger charge is -2.21. The Kier molecular flexibility index (Phi) is 4.21. The number of hydrogen-bond donors (Lipinski definition) is 1. The van der Waals surface area contributed by atoms with Crippen molar-refractivity contribution in [1.29, 1.82) is 0 Å². The molecule has 1 aliphatic rings. The second-order valence-corrected chi connectivity index (χ2v) is 4.48. The number of ether oxygens (including phenoxy) is 2. The first-order valence-electron chi connectivity index (χ1n) is 6.39. The van der Waals surface area contributed by atoms with Gasteiger partial charge in [0.2, 0.25) is 5.75 Å². The van der Waals surface area contributed by atoms with Crippen LogP contribution in [0.15, 0.2) is 12.1 Å². The zero-order valence-corrected chi connectivity index (χ0v) is 11.1. The fourth-order valence-corrected chi connectivity index (χ4v) is 2.27. The van der Waals surface area contributed by atoms with Crippen LogP contribution in [0, 0.1) is 10.1 Å². The standard InChI is InChI=1S/C13H18N2O4/c1-3-9(8-14-2)10-6-11(15(16)17)13-12(7-10)18-4-5-19-13/h6-7,9,14H,3-5,8H2,1-2H3. The molecule has 0 spiro atoms. The predicted octanol–water partition coefficient (Wildman–Crippen LogP) is 2.08. The van der Waals surface area contributed by atoms with E-state index in [0.29, 0.717) is 19.0 Å². The molecule has 0 radical (unpaired) electrons. The van der Waals surface area contributed by atoms with Crippen LogP contribution in [0.5, 0.6) is 11.5 Å². The smallest absolute Gasteiger partial charge is 0.315 e. The largest absolute Gasteiger partial charge is 0.486 e. The van der Waals surface area contributed by atoms with Crippen molar-refractivity contribution in [2.75, 3.05) is 26.8 Å². The minimum Gasteiger partial charge on any atom is -0.486 e. The van der Waals surface area contributed by atoms with E-state index in [9.17, 15) is 10.1 Å². The molecule has 0 fully saturated rings. The molecule has 0 bridgehead atoms. The summed E-state index contributed by atoms with van der Waals surface area (Å²) in [5, 5.41) is 14.3. The molecule has 1 aliphatic heterocycles. The van der Waals surface area contributed by atoms with Gasteiger partial charge in [0.25, 0.3) is 0 Å². The molecule has 0 saturated heterocycles. The van der Waals surface area contributed by atoms with Crippen LogP contribution in [-0.2, 0) is 0 Å². The molecule has 1 heterocycles. The van der Waals surface area contributed by atoms with Gasteiger partial charge in [-0.1, -0.05) is 6.92 Å². The van der Waals surface area contributed by atoms with Gasteiger partial charge in [-0.2, -0.15) is 0 Å². The average Bonchev–Trinajstić information content (AvgIpc) is 2.43. The molecule has 0 saturated carbocycles. The van der Waals surface area contributed by atoms with Crippen molar-refractivity contribution >= 4 is 5.69 Å². The Morgan fingerprint density at radius 2 is 2.16 bits per heavy atom. The highest BCUT2D eigenvalue weighted by Crippen LogP contribution is 2.42. The summed E-state index contributed by atoms with van der Waals surface area (Å²) in [5.41, 5.74) is 0.898. The van der Waals surface area contributed by atoms with Gasteiger partial charge in [0.1, 0.15) is 13.2 Å². The highest BCUT2D eigenvalue weighted by molar-refractivity contribution is 5.59. The molecule has 6 nitrogen and oxygen atoms in total. The number of nitrogens with zero attached hydrogens (tertiary/aromatic N) is 1. The molecule has 1 unspecified atom stereocenters. The molecule has 0 aliphatic carbocycles. The number of rotatable bonds is 5. The summed E-state index contributed by atoms with van der Waals surface area (Å²) in [6, 6.07) is 3.45. The first-order valence-corrected chi connectivity index (χ1v) is 6.39. The van der Waals surface area contributed by atoms with E-state index in [1.165, 1.54) is 0 Å². The van der Waals surface area contributed by atoms with E-state index in [1.54, 1.807) is 6.07 Å². The fraction of sp³-hybridized carbons (Fsp3) is 0.538. The van der Waals surface area contributed by atoms with Crippen molar-refractivity contribution in [3.8, 4) is 11.5 Å². The Balaban J connectivity index is 2.45. The summed E-state index contributed by atoms with van der Waals surface area (Å²) in [5.74, 6) is 0.948. The lowest BCUT2D eigenvalue weighted by Crippen LogP contribution is -2.19. The molecule has 104 valence electrons. The van der Waals surface area contributed by atoms with Crippen molar-refractivity contribution in [1.82, 2.24) is 5.32 Å². The van der Waals surface area contributed by atoms with E-state index >= 15 is 0 Å². The second-order valence-electron chi connectivity index (χ2n) is 4.48. The van der Waals surface area contributed by atoms with Crippen LogP contribution >= 0.6 is 0 Å². The summed E-state index contributed by atoms with van der Waals surface area (Å²) in [7, 11) is 1.87. The van der Waals surface area contributed by atoms with Crippen LogP contribution in [0.2, 0.25) is 0 Å². The van der Waals surface area contributed by atoms with Gasteiger partial charge >= 0.3 is 5.69 Å². The van der Waals surface area contributed by atoms with Crippen LogP contribution in [0.25, 0.3) is 0 Å². The molecule has 1 aromatic rings. The lowest BCUT2D eigenvalue weighted by molar-refractivity contribution is -0.386. The second kappa shape index (κ2) is 5.88. The van der Waals surface area contributed by atoms with Gasteiger partial charge in [-0.3, -0.25) is 10.1 Å². The number of likely N-dealkylation sites (N-methyl/N-ethyl adjacent to an activating group) is 1. The maximum absolute atomic E-state index is 11.1. The number of nitro benzene ring substituents is 1. The Morgan fingerprint density at radius 3 is 2.79 bits per heavy atom. The molecule has 1 aromatic carbocycles. The van der Waals surface area contributed by atoms with Gasteiger partial charge in [0, 0.05) is 12.6 Å². The quantitative estimate of drug-likeness (QED) is 0.652. The maximum atomic E-state index is 11.1. The summed E-state index contributed by atoms with van der Waals surface area (Å²) >= 11 is 0. The van der Waals surface area contributed by atoms with Gasteiger partial charge in [-0.15, -0.1) is 0 Å². The summed E-state index contributed by atoms with van der Waals surface area (Å²) in [4.78, 5) is 10.7. The number of nitrogens with one attached hydrogen (secondary N) is 1. The molecule has 1 atom stereocenters. The number of nitro groups is 1. The van der Waals surface area contributed by atoms with Crippen LogP contribution in [0.4, 0.5) is 5.69 Å². The zero-order valence-electron chi connectivity index (χ0n) is 11.1. The predicted molar refractivity (Wildman–Crippen MR) is 71.0 cm³/mol. The highest BCUT2D eigenvalue weighted by atomic mass is 16.6. The highest BCUT2D eigenvalue weighted by Gasteiger charge is 2.26. The van der Waals surface area contributed by atoms with Crippen LogP contribution in [0.1, 0.15) is 24.8 Å². The Hall–Kier alpha value is -1.82. The molecule has 19 heavy (non-hydrogen) atoms. The third kappa shape index (κ3) is 2.78. The summed E-state index contributed by atoms with van der Waals surface area (Å²) < 4.78 is 10.8. The minimum absolute atomic E-state index is 0.0123. The van der Waals surface area contributed by atoms with E-state index in [4.69, 9.17) is 9.47 Å². The summed E-state index contributed by atoms with van der Waals surface area (Å²) in [6.45, 7) is 3.61. The van der Waals surface area contributed by atoms with E-state index in [0.717, 1.165) is 18.5 Å². The molecule has 6 heteroatoms. The van der Waals surface area contributed by atoms with Crippen molar-refractivity contribution in [3.05, 3.63) is 27.8 Å². The number of hydrogen-bond acceptors (Lipinski definition) is 5. The number of benzene rings is 1. The van der Waals surface area contributed by atoms with Gasteiger partial charge in [0.05, 0.1) is 4.92 Å². The van der Waals surface area contributed by atoms with Crippen LogP contribution in [0.3, 0.4) is 0 Å². The van der Waals surface area contributed by atoms with Crippen LogP contribution in [-0.4, -0.2) is 31.7 Å². The van der Waals surface area contributed by atoms with Crippen molar-refractivity contribution in [2.24, 2.45) is 0 Å². The van der Waals surface area contributed by atoms with E-state index in [2.05, 4.69) is 12.2 Å². The van der Waals surface area contributed by atoms with Crippen molar-refractivity contribution in [3.63, 3.8) is 0 Å². The maximum Gasteiger partial charge on any atom is 0.315 e. The fourth-order valence-electron chi connectivity index (χ4n) is 2.27. The topological polar surface area (TPSA) is 73.6 Å². The van der Waals surface area contributed by atoms with Gasteiger partial charge in [0.15, 0.2) is 5.75 Å². The minimum atomic E-state index is -0.414. The molecular formula is C13H18N2O4. The van der Waals surface area contributed by atoms with Gasteiger partial charge < -0.3 is 14.8 Å². The monoisotopic (exact) mass is 266 g/mol. The van der Waals surface area contributed by atoms with Gasteiger partial charge in [-0.05, 0) is 31.0 Å². The van der Waals surface area contributed by atoms with Gasteiger partial charge in [-0.25, -0.2) is 0 Å². The lowest BCUT2D eigenvalue weighted by atomic mass is 9.95. The Bertz CT molecular complexity index is 476. The van der Waals surface area contributed by atoms with Crippen LogP contribution < -0.4 is 14.8 Å². The molecular weight excluding hydrogens is 248 g/mol. The normalized spacial score (nSPS) is 15.1. The first-order chi connectivity index (χ1) is 9.17. The average molecular weight is 266 g/mol. The van der Waals surface area contributed by atoms with E-state index < -0.39 is 4.92 Å². The Labute approximate surface area is 111 Å². The van der Waals surface area contributed by atoms with Crippen molar-refractivity contribution < 1.29 is 14.4 Å². The Morgan fingerprint density at radius 1 is 1.42 bits per heavy atom.